The van der Waals surface area contributed by atoms with Gasteiger partial charge in [0.15, 0.2) is 5.75 Å². The third-order valence-corrected chi connectivity index (χ3v) is 9.03. The number of halogens is 3. The topological polar surface area (TPSA) is 83.1 Å². The highest BCUT2D eigenvalue weighted by Crippen LogP contribution is 2.47. The number of likely N-dealkylation sites (N-methyl/N-ethyl adjacent to an activating group) is 1. The molecular formula is C28H31Cl2FN4O4. The summed E-state index contributed by atoms with van der Waals surface area (Å²) in [5, 5.41) is 0.797. The molecule has 5 rings (SSSR count). The normalized spacial score (nSPS) is 22.5. The zero-order valence-corrected chi connectivity index (χ0v) is 23.4. The number of likely N-dealkylation sites (tertiary alicyclic amines) is 2. The van der Waals surface area contributed by atoms with Crippen LogP contribution in [0, 0.1) is 17.2 Å². The molecule has 0 spiro atoms. The average molecular weight is 577 g/mol. The Kier molecular flexibility index (Phi) is 7.75. The highest BCUT2D eigenvalue weighted by Gasteiger charge is 2.48. The Morgan fingerprint density at radius 3 is 2.41 bits per heavy atom. The molecule has 0 bridgehead atoms. The van der Waals surface area contributed by atoms with Gasteiger partial charge in [0.25, 0.3) is 0 Å². The molecule has 2 atom stereocenters. The van der Waals surface area contributed by atoms with Crippen LogP contribution in [0.3, 0.4) is 0 Å². The number of nitrogens with zero attached hydrogens (tertiary/aromatic N) is 4. The van der Waals surface area contributed by atoms with Crippen molar-refractivity contribution in [2.45, 2.75) is 44.6 Å². The number of benzene rings is 1. The highest BCUT2D eigenvalue weighted by atomic mass is 35.5. The Hall–Kier alpha value is -2.91. The fourth-order valence-electron chi connectivity index (χ4n) is 5.56. The Morgan fingerprint density at radius 1 is 1.05 bits per heavy atom. The van der Waals surface area contributed by atoms with Crippen LogP contribution in [0.5, 0.6) is 5.75 Å². The SMILES string of the molecule is CN(C(=O)Oc1cncc(F)c1)[C@@H]1CN(C(=O)C2CCN(C(=O)C3(C)CC3)CC2)C[C@H]1c1ccc(Cl)c(Cl)c1. The van der Waals surface area contributed by atoms with E-state index in [0.717, 1.165) is 30.7 Å². The molecule has 2 aliphatic heterocycles. The van der Waals surface area contributed by atoms with E-state index < -0.39 is 18.0 Å². The fraction of sp³-hybridized carbons (Fsp3) is 0.500. The maximum Gasteiger partial charge on any atom is 0.415 e. The predicted molar refractivity (Wildman–Crippen MR) is 144 cm³/mol. The summed E-state index contributed by atoms with van der Waals surface area (Å²) in [6.07, 6.45) is 4.69. The number of ether oxygens (including phenoxy) is 1. The van der Waals surface area contributed by atoms with Crippen LogP contribution in [0.1, 0.15) is 44.1 Å². The van der Waals surface area contributed by atoms with Gasteiger partial charge >= 0.3 is 6.09 Å². The second-order valence-corrected chi connectivity index (χ2v) is 11.8. The minimum Gasteiger partial charge on any atom is -0.408 e. The molecule has 3 heterocycles. The smallest absolute Gasteiger partial charge is 0.408 e. The molecule has 208 valence electrons. The number of pyridine rings is 1. The monoisotopic (exact) mass is 576 g/mol. The lowest BCUT2D eigenvalue weighted by Crippen LogP contribution is -2.46. The van der Waals surface area contributed by atoms with Gasteiger partial charge in [-0.1, -0.05) is 36.2 Å². The van der Waals surface area contributed by atoms with Crippen LogP contribution in [-0.2, 0) is 9.59 Å². The molecule has 1 aromatic carbocycles. The number of carbonyl (C=O) groups excluding carboxylic acids is 3. The summed E-state index contributed by atoms with van der Waals surface area (Å²) in [5.74, 6) is -0.849. The maximum atomic E-state index is 13.6. The standard InChI is InChI=1S/C28H31Cl2FN4O4/c1-28(7-8-28)26(37)34-9-5-17(6-10-34)25(36)35-15-21(18-3-4-22(29)23(30)11-18)24(16-35)33(2)27(38)39-20-12-19(31)13-32-14-20/h3-4,11-14,17,21,24H,5-10,15-16H2,1-2H3/t21-,24+/m0/s1. The summed E-state index contributed by atoms with van der Waals surface area (Å²) < 4.78 is 18.9. The van der Waals surface area contributed by atoms with Crippen molar-refractivity contribution in [3.63, 3.8) is 0 Å². The van der Waals surface area contributed by atoms with E-state index in [0.29, 0.717) is 49.1 Å². The summed E-state index contributed by atoms with van der Waals surface area (Å²) in [4.78, 5) is 48.2. The Bertz CT molecular complexity index is 1280. The molecule has 11 heteroatoms. The van der Waals surface area contributed by atoms with Crippen LogP contribution in [0.25, 0.3) is 0 Å². The Balaban J connectivity index is 1.30. The van der Waals surface area contributed by atoms with Crippen LogP contribution in [-0.4, -0.2) is 76.9 Å². The first-order chi connectivity index (χ1) is 18.6. The van der Waals surface area contributed by atoms with Gasteiger partial charge in [-0.25, -0.2) is 9.18 Å². The second kappa shape index (κ2) is 10.9. The minimum absolute atomic E-state index is 0.00905. The highest BCUT2D eigenvalue weighted by molar-refractivity contribution is 6.42. The maximum absolute atomic E-state index is 13.6. The Morgan fingerprint density at radius 2 is 1.77 bits per heavy atom. The predicted octanol–water partition coefficient (Wildman–Crippen LogP) is 4.99. The molecular weight excluding hydrogens is 546 g/mol. The molecule has 1 saturated carbocycles. The lowest BCUT2D eigenvalue weighted by molar-refractivity contribution is -0.142. The van der Waals surface area contributed by atoms with Crippen LogP contribution in [0.2, 0.25) is 10.0 Å². The van der Waals surface area contributed by atoms with Crippen LogP contribution >= 0.6 is 23.2 Å². The molecule has 3 aliphatic rings. The molecule has 3 fully saturated rings. The molecule has 0 unspecified atom stereocenters. The quantitative estimate of drug-likeness (QED) is 0.500. The van der Waals surface area contributed by atoms with E-state index >= 15 is 0 Å². The van der Waals surface area contributed by atoms with E-state index in [1.54, 1.807) is 24.1 Å². The van der Waals surface area contributed by atoms with E-state index in [2.05, 4.69) is 4.98 Å². The van der Waals surface area contributed by atoms with Crippen molar-refractivity contribution in [2.75, 3.05) is 33.2 Å². The number of piperidine rings is 1. The third-order valence-electron chi connectivity index (χ3n) is 8.29. The van der Waals surface area contributed by atoms with Gasteiger partial charge < -0.3 is 19.4 Å². The number of aromatic nitrogens is 1. The average Bonchev–Trinajstić information content (AvgIpc) is 3.52. The van der Waals surface area contributed by atoms with Crippen molar-refractivity contribution in [3.05, 3.63) is 58.1 Å². The van der Waals surface area contributed by atoms with Crippen molar-refractivity contribution in [2.24, 2.45) is 11.3 Å². The number of amides is 3. The van der Waals surface area contributed by atoms with Gasteiger partial charge in [0.05, 0.1) is 28.5 Å². The van der Waals surface area contributed by atoms with Crippen molar-refractivity contribution >= 4 is 41.1 Å². The van der Waals surface area contributed by atoms with Crippen molar-refractivity contribution in [3.8, 4) is 5.75 Å². The van der Waals surface area contributed by atoms with Gasteiger partial charge in [-0.3, -0.25) is 14.6 Å². The molecule has 3 amide bonds. The zero-order valence-electron chi connectivity index (χ0n) is 21.9. The van der Waals surface area contributed by atoms with E-state index in [1.807, 2.05) is 17.9 Å². The summed E-state index contributed by atoms with van der Waals surface area (Å²) in [7, 11) is 1.60. The first kappa shape index (κ1) is 27.6. The van der Waals surface area contributed by atoms with Crippen molar-refractivity contribution < 1.29 is 23.5 Å². The van der Waals surface area contributed by atoms with Crippen molar-refractivity contribution in [1.82, 2.24) is 19.7 Å². The fourth-order valence-corrected chi connectivity index (χ4v) is 5.86. The lowest BCUT2D eigenvalue weighted by atomic mass is 9.93. The number of rotatable bonds is 5. The van der Waals surface area contributed by atoms with Gasteiger partial charge in [0.2, 0.25) is 11.8 Å². The van der Waals surface area contributed by atoms with E-state index in [-0.39, 0.29) is 34.8 Å². The summed E-state index contributed by atoms with van der Waals surface area (Å²) in [6.45, 7) is 3.84. The van der Waals surface area contributed by atoms with Crippen LogP contribution in [0.4, 0.5) is 9.18 Å². The Labute approximate surface area is 237 Å². The first-order valence-electron chi connectivity index (χ1n) is 13.1. The first-order valence-corrected chi connectivity index (χ1v) is 13.9. The lowest BCUT2D eigenvalue weighted by Gasteiger charge is -2.34. The molecule has 0 N–H and O–H groups in total. The second-order valence-electron chi connectivity index (χ2n) is 11.0. The van der Waals surface area contributed by atoms with Crippen LogP contribution < -0.4 is 4.74 Å². The number of hydrogen-bond acceptors (Lipinski definition) is 5. The van der Waals surface area contributed by atoms with E-state index in [4.69, 9.17) is 27.9 Å². The molecule has 1 aromatic heterocycles. The summed E-state index contributed by atoms with van der Waals surface area (Å²) in [5.41, 5.74) is 0.627. The van der Waals surface area contributed by atoms with Crippen molar-refractivity contribution in [1.29, 1.82) is 0 Å². The molecule has 39 heavy (non-hydrogen) atoms. The van der Waals surface area contributed by atoms with Gasteiger partial charge in [-0.05, 0) is 43.4 Å². The summed E-state index contributed by atoms with van der Waals surface area (Å²) in [6, 6.07) is 5.97. The van der Waals surface area contributed by atoms with Crippen LogP contribution in [0.15, 0.2) is 36.7 Å². The third kappa shape index (κ3) is 5.84. The molecule has 8 nitrogen and oxygen atoms in total. The molecule has 2 aromatic rings. The largest absolute Gasteiger partial charge is 0.415 e. The van der Waals surface area contributed by atoms with E-state index in [9.17, 15) is 18.8 Å². The number of hydrogen-bond donors (Lipinski definition) is 0. The van der Waals surface area contributed by atoms with Gasteiger partial charge in [0.1, 0.15) is 5.82 Å². The molecule has 2 saturated heterocycles. The molecule has 0 radical (unpaired) electrons. The van der Waals surface area contributed by atoms with Gasteiger partial charge in [-0.15, -0.1) is 0 Å². The van der Waals surface area contributed by atoms with E-state index in [1.165, 1.54) is 11.1 Å². The zero-order chi connectivity index (χ0) is 27.9. The summed E-state index contributed by atoms with van der Waals surface area (Å²) >= 11 is 12.4. The molecule has 1 aliphatic carbocycles. The van der Waals surface area contributed by atoms with Gasteiger partial charge in [-0.2, -0.15) is 0 Å². The minimum atomic E-state index is -0.688. The number of carbonyl (C=O) groups is 3. The van der Waals surface area contributed by atoms with Gasteiger partial charge in [0, 0.05) is 56.5 Å².